The Hall–Kier alpha value is -5.75. The molecular formula is C46H56F2N10O6. The van der Waals surface area contributed by atoms with Crippen LogP contribution in [0.1, 0.15) is 111 Å². The highest BCUT2D eigenvalue weighted by atomic mass is 19.3. The number of benzene rings is 1. The summed E-state index contributed by atoms with van der Waals surface area (Å²) in [5, 5.41) is 12.5. The van der Waals surface area contributed by atoms with Crippen molar-refractivity contribution in [1.29, 1.82) is 0 Å². The van der Waals surface area contributed by atoms with Gasteiger partial charge in [0, 0.05) is 57.7 Å². The second kappa shape index (κ2) is 19.2. The highest BCUT2D eigenvalue weighted by molar-refractivity contribution is 6.03. The lowest BCUT2D eigenvalue weighted by molar-refractivity contribution is -0.135. The topological polar surface area (TPSA) is 183 Å². The minimum Gasteiger partial charge on any atom is -0.444 e. The fourth-order valence-corrected chi connectivity index (χ4v) is 9.49. The molecule has 1 unspecified atom stereocenters. The Bertz CT molecular complexity index is 2530. The van der Waals surface area contributed by atoms with Gasteiger partial charge in [-0.1, -0.05) is 6.07 Å². The molecule has 6 heterocycles. The number of piperidine rings is 2. The van der Waals surface area contributed by atoms with Gasteiger partial charge in [0.1, 0.15) is 18.1 Å². The standard InChI is InChI=1S/C46H56F2N10O6/c1-55-38-21-28(8-11-36(38)58(46(55)62)37-12-13-40(59)53-44(37)61)3-2-20-63-26-31-15-18-56(19-16-31)24-30-6-9-33(10-7-30)57-25-34(41(54-57)42(47)48)51-43(60)35-27-64-45(52-35)32-14-17-49-39(22-32)50-23-29-4-5-29/h8,11,14,17,21-22,25,27,29-31,33,37,42H,2-7,9-10,12-13,15-16,18-20,23-24,26H2,1H3,(H,49,50)(H,51,60)(H,53,59,61). The lowest BCUT2D eigenvalue weighted by Crippen LogP contribution is -2.44. The van der Waals surface area contributed by atoms with Crippen LogP contribution in [0.2, 0.25) is 0 Å². The third-order valence-corrected chi connectivity index (χ3v) is 13.4. The number of alkyl halides is 2. The maximum absolute atomic E-state index is 14.2. The fraction of sp³-hybridized carbons (Fsp3) is 0.543. The molecule has 16 nitrogen and oxygen atoms in total. The highest BCUT2D eigenvalue weighted by Gasteiger charge is 2.32. The molecule has 5 aromatic rings. The quantitative estimate of drug-likeness (QED) is 0.0670. The van der Waals surface area contributed by atoms with E-state index in [1.807, 2.05) is 18.2 Å². The molecule has 18 heteroatoms. The van der Waals surface area contributed by atoms with Gasteiger partial charge in [-0.2, -0.15) is 5.10 Å². The maximum atomic E-state index is 14.2. The third kappa shape index (κ3) is 9.97. The second-order valence-electron chi connectivity index (χ2n) is 18.1. The number of carbonyl (C=O) groups is 3. The van der Waals surface area contributed by atoms with E-state index in [0.29, 0.717) is 47.7 Å². The van der Waals surface area contributed by atoms with Crippen molar-refractivity contribution in [3.05, 3.63) is 76.4 Å². The number of anilines is 2. The predicted molar refractivity (Wildman–Crippen MR) is 234 cm³/mol. The number of hydrogen-bond donors (Lipinski definition) is 3. The molecule has 64 heavy (non-hydrogen) atoms. The van der Waals surface area contributed by atoms with Gasteiger partial charge in [0.05, 0.1) is 22.8 Å². The minimum atomic E-state index is -2.86. The Morgan fingerprint density at radius 1 is 0.969 bits per heavy atom. The van der Waals surface area contributed by atoms with Gasteiger partial charge in [-0.05, 0) is 131 Å². The molecule has 0 spiro atoms. The molecule has 4 aliphatic rings. The van der Waals surface area contributed by atoms with Crippen LogP contribution in [-0.2, 0) is 27.8 Å². The number of nitrogens with zero attached hydrogens (tertiary/aromatic N) is 7. The first kappa shape index (κ1) is 43.5. The molecule has 4 fully saturated rings. The van der Waals surface area contributed by atoms with Crippen LogP contribution >= 0.6 is 0 Å². The van der Waals surface area contributed by atoms with Gasteiger partial charge in [0.25, 0.3) is 12.3 Å². The number of fused-ring (bicyclic) bond motifs is 1. The minimum absolute atomic E-state index is 0.0229. The lowest BCUT2D eigenvalue weighted by atomic mass is 9.85. The lowest BCUT2D eigenvalue weighted by Gasteiger charge is -2.36. The Labute approximate surface area is 369 Å². The van der Waals surface area contributed by atoms with E-state index < -0.39 is 30.0 Å². The molecule has 4 aromatic heterocycles. The van der Waals surface area contributed by atoms with Gasteiger partial charge in [-0.25, -0.2) is 23.5 Å². The van der Waals surface area contributed by atoms with Gasteiger partial charge in [0.2, 0.25) is 17.7 Å². The largest absolute Gasteiger partial charge is 0.444 e. The number of imidazole rings is 1. The number of aromatic nitrogens is 6. The Balaban J connectivity index is 0.687. The van der Waals surface area contributed by atoms with Crippen molar-refractivity contribution < 1.29 is 32.3 Å². The summed E-state index contributed by atoms with van der Waals surface area (Å²) in [5.41, 5.74) is 2.41. The summed E-state index contributed by atoms with van der Waals surface area (Å²) in [6.07, 6.45) is 11.9. The first-order chi connectivity index (χ1) is 31.1. The van der Waals surface area contributed by atoms with E-state index in [-0.39, 0.29) is 41.3 Å². The van der Waals surface area contributed by atoms with Gasteiger partial charge >= 0.3 is 5.69 Å². The monoisotopic (exact) mass is 882 g/mol. The zero-order chi connectivity index (χ0) is 44.3. The van der Waals surface area contributed by atoms with Crippen molar-refractivity contribution >= 4 is 40.3 Å². The Kier molecular flexibility index (Phi) is 13.0. The number of imide groups is 1. The summed E-state index contributed by atoms with van der Waals surface area (Å²) in [5.74, 6) is 1.24. The Morgan fingerprint density at radius 3 is 2.53 bits per heavy atom. The van der Waals surface area contributed by atoms with Crippen LogP contribution in [0.5, 0.6) is 0 Å². The molecular weight excluding hydrogens is 827 g/mol. The zero-order valence-electron chi connectivity index (χ0n) is 36.1. The smallest absolute Gasteiger partial charge is 0.329 e. The highest BCUT2D eigenvalue weighted by Crippen LogP contribution is 2.36. The van der Waals surface area contributed by atoms with Crippen molar-refractivity contribution in [2.45, 2.75) is 95.6 Å². The average molecular weight is 883 g/mol. The number of likely N-dealkylation sites (tertiary alicyclic amines) is 1. The van der Waals surface area contributed by atoms with Crippen LogP contribution < -0.4 is 21.6 Å². The first-order valence-corrected chi connectivity index (χ1v) is 22.7. The number of pyridine rings is 1. The van der Waals surface area contributed by atoms with Gasteiger partial charge < -0.3 is 24.7 Å². The molecule has 0 radical (unpaired) electrons. The summed E-state index contributed by atoms with van der Waals surface area (Å²) in [4.78, 5) is 61.6. The van der Waals surface area contributed by atoms with Gasteiger partial charge in [0.15, 0.2) is 11.4 Å². The number of rotatable bonds is 17. The number of aryl methyl sites for hydroxylation is 2. The summed E-state index contributed by atoms with van der Waals surface area (Å²) in [7, 11) is 1.71. The maximum Gasteiger partial charge on any atom is 0.329 e. The summed E-state index contributed by atoms with van der Waals surface area (Å²) >= 11 is 0. The van der Waals surface area contributed by atoms with Crippen molar-refractivity contribution in [3.63, 3.8) is 0 Å². The molecule has 2 saturated carbocycles. The van der Waals surface area contributed by atoms with Crippen molar-refractivity contribution in [2.24, 2.45) is 24.8 Å². The Morgan fingerprint density at radius 2 is 1.77 bits per heavy atom. The number of amides is 3. The molecule has 1 atom stereocenters. The van der Waals surface area contributed by atoms with Gasteiger partial charge in [-0.15, -0.1) is 0 Å². The predicted octanol–water partition coefficient (Wildman–Crippen LogP) is 6.67. The van der Waals surface area contributed by atoms with Crippen molar-refractivity contribution in [1.82, 2.24) is 39.1 Å². The van der Waals surface area contributed by atoms with Crippen LogP contribution in [0.4, 0.5) is 20.3 Å². The second-order valence-corrected chi connectivity index (χ2v) is 18.1. The van der Waals surface area contributed by atoms with E-state index in [2.05, 4.69) is 35.9 Å². The molecule has 0 bridgehead atoms. The number of halogens is 2. The summed E-state index contributed by atoms with van der Waals surface area (Å²) in [6, 6.07) is 8.71. The first-order valence-electron chi connectivity index (χ1n) is 22.7. The van der Waals surface area contributed by atoms with Crippen molar-refractivity contribution in [2.75, 3.05) is 50.0 Å². The van der Waals surface area contributed by atoms with Crippen LogP contribution in [0.3, 0.4) is 0 Å². The average Bonchev–Trinajstić information content (AvgIpc) is 3.71. The molecule has 3 N–H and O–H groups in total. The van der Waals surface area contributed by atoms with Gasteiger partial charge in [-0.3, -0.25) is 33.5 Å². The number of oxazole rings is 1. The van der Waals surface area contributed by atoms with Crippen LogP contribution in [-0.4, -0.2) is 90.9 Å². The normalized spacial score (nSPS) is 21.2. The fourth-order valence-electron chi connectivity index (χ4n) is 9.49. The van der Waals surface area contributed by atoms with Crippen LogP contribution in [0, 0.1) is 17.8 Å². The molecule has 2 aliphatic carbocycles. The molecule has 340 valence electrons. The summed E-state index contributed by atoms with van der Waals surface area (Å²) in [6.45, 7) is 5.31. The molecule has 1 aromatic carbocycles. The van der Waals surface area contributed by atoms with Crippen molar-refractivity contribution in [3.8, 4) is 11.5 Å². The number of hydrogen-bond acceptors (Lipinski definition) is 11. The van der Waals surface area contributed by atoms with E-state index in [1.165, 1.54) is 29.9 Å². The molecule has 2 aliphatic heterocycles. The van der Waals surface area contributed by atoms with E-state index in [9.17, 15) is 28.0 Å². The molecule has 3 amide bonds. The van der Waals surface area contributed by atoms with E-state index in [4.69, 9.17) is 9.15 Å². The van der Waals surface area contributed by atoms with E-state index in [1.54, 1.807) is 34.6 Å². The number of nitrogens with one attached hydrogen (secondary N) is 3. The molecule has 2 saturated heterocycles. The van der Waals surface area contributed by atoms with Crippen LogP contribution in [0.15, 0.2) is 58.2 Å². The summed E-state index contributed by atoms with van der Waals surface area (Å²) < 4.78 is 44.7. The number of carbonyl (C=O) groups excluding carboxylic acids is 3. The van der Waals surface area contributed by atoms with E-state index in [0.717, 1.165) is 95.2 Å². The molecule has 9 rings (SSSR count). The SMILES string of the molecule is Cn1c(=O)n(C2CCC(=O)NC2=O)c2ccc(CCCOCC3CCN(CC4CCC(n5cc(NC(=O)c6coc(-c7ccnc(NCC8CC8)c7)n6)c(C(F)F)n5)CC4)CC3)cc21. The van der Waals surface area contributed by atoms with E-state index >= 15 is 0 Å². The zero-order valence-corrected chi connectivity index (χ0v) is 36.1. The van der Waals surface area contributed by atoms with Crippen LogP contribution in [0.25, 0.3) is 22.5 Å². The third-order valence-electron chi connectivity index (χ3n) is 13.4. The number of ether oxygens (including phenoxy) is 1.